The van der Waals surface area contributed by atoms with Crippen LogP contribution in [-0.4, -0.2) is 11.5 Å². The lowest BCUT2D eigenvalue weighted by Crippen LogP contribution is -2.62. The van der Waals surface area contributed by atoms with Gasteiger partial charge in [-0.3, -0.25) is 0 Å². The highest BCUT2D eigenvalue weighted by atomic mass is 19.3. The summed E-state index contributed by atoms with van der Waals surface area (Å²) in [6, 6.07) is 2.48. The summed E-state index contributed by atoms with van der Waals surface area (Å²) < 4.78 is 28.7. The number of halogens is 2. The molecule has 37 heavy (non-hydrogen) atoms. The first kappa shape index (κ1) is 25.1. The molecule has 6 aliphatic rings. The van der Waals surface area contributed by atoms with E-state index in [-0.39, 0.29) is 44.7 Å². The van der Waals surface area contributed by atoms with Crippen LogP contribution in [0.25, 0.3) is 0 Å². The van der Waals surface area contributed by atoms with Crippen LogP contribution in [-0.2, 0) is 0 Å². The van der Waals surface area contributed by atoms with Gasteiger partial charge in [0.05, 0.1) is 17.3 Å². The van der Waals surface area contributed by atoms with E-state index in [1.54, 1.807) is 0 Å². The molecule has 0 aromatic carbocycles. The Bertz CT molecular complexity index is 1240. The van der Waals surface area contributed by atoms with Crippen LogP contribution in [0, 0.1) is 56.7 Å². The smallest absolute Gasteiger partial charge is 0.283 e. The number of allylic oxidation sites excluding steroid dienone is 7. The zero-order valence-electron chi connectivity index (χ0n) is 23.2. The van der Waals surface area contributed by atoms with Crippen LogP contribution < -0.4 is 5.32 Å². The molecule has 4 fully saturated rings. The molecule has 6 rings (SSSR count). The lowest BCUT2D eigenvalue weighted by Gasteiger charge is -2.60. The largest absolute Gasteiger partial charge is 0.378 e. The average Bonchev–Trinajstić information content (AvgIpc) is 3.17. The summed E-state index contributed by atoms with van der Waals surface area (Å²) in [5, 5.41) is 13.4. The lowest BCUT2D eigenvalue weighted by atomic mass is 9.48. The van der Waals surface area contributed by atoms with Gasteiger partial charge in [-0.05, 0) is 85.0 Å². The fourth-order valence-electron chi connectivity index (χ4n) is 10.4. The van der Waals surface area contributed by atoms with E-state index < -0.39 is 5.92 Å². The van der Waals surface area contributed by atoms with Crippen molar-refractivity contribution in [3.63, 3.8) is 0 Å². The Hall–Kier alpha value is -2.15. The molecule has 7 atom stereocenters. The number of nitrogens with one attached hydrogen (secondary N) is 1. The molecule has 0 saturated heterocycles. The Morgan fingerprint density at radius 3 is 2.43 bits per heavy atom. The lowest BCUT2D eigenvalue weighted by molar-refractivity contribution is -0.0466. The van der Waals surface area contributed by atoms with Gasteiger partial charge in [-0.15, -0.1) is 0 Å². The monoisotopic (exact) mass is 504 g/mol. The van der Waals surface area contributed by atoms with Gasteiger partial charge in [-0.1, -0.05) is 70.7 Å². The molecule has 0 heterocycles. The highest BCUT2D eigenvalue weighted by Gasteiger charge is 2.84. The van der Waals surface area contributed by atoms with Crippen molar-refractivity contribution in [1.82, 2.24) is 5.32 Å². The van der Waals surface area contributed by atoms with Crippen molar-refractivity contribution in [3.8, 4) is 6.07 Å². The minimum atomic E-state index is -2.95. The zero-order chi connectivity index (χ0) is 27.0. The van der Waals surface area contributed by atoms with E-state index in [1.165, 1.54) is 11.1 Å². The van der Waals surface area contributed by atoms with Crippen molar-refractivity contribution < 1.29 is 8.78 Å². The molecule has 0 aliphatic heterocycles. The van der Waals surface area contributed by atoms with Gasteiger partial charge in [0.25, 0.3) is 5.92 Å². The molecular weight excluding hydrogens is 462 g/mol. The predicted molar refractivity (Wildman–Crippen MR) is 144 cm³/mol. The van der Waals surface area contributed by atoms with E-state index in [2.05, 4.69) is 71.0 Å². The third-order valence-electron chi connectivity index (χ3n) is 12.3. The second kappa shape index (κ2) is 7.08. The van der Waals surface area contributed by atoms with Crippen LogP contribution >= 0.6 is 0 Å². The summed E-state index contributed by atoms with van der Waals surface area (Å²) in [6.45, 7) is 23.0. The topological polar surface area (TPSA) is 35.8 Å². The van der Waals surface area contributed by atoms with Crippen molar-refractivity contribution in [2.24, 2.45) is 45.3 Å². The van der Waals surface area contributed by atoms with Crippen LogP contribution in [0.3, 0.4) is 0 Å². The minimum absolute atomic E-state index is 0.0725. The molecule has 2 nitrogen and oxygen atoms in total. The number of alkyl halides is 2. The molecule has 2 spiro atoms. The Labute approximate surface area is 221 Å². The Morgan fingerprint density at radius 2 is 1.78 bits per heavy atom. The predicted octanol–water partition coefficient (Wildman–Crippen LogP) is 8.27. The van der Waals surface area contributed by atoms with Crippen molar-refractivity contribution in [1.29, 1.82) is 5.26 Å². The molecule has 0 aromatic rings. The van der Waals surface area contributed by atoms with Gasteiger partial charge in [-0.25, -0.2) is 8.78 Å². The average molecular weight is 505 g/mol. The number of rotatable bonds is 3. The summed E-state index contributed by atoms with van der Waals surface area (Å²) in [4.78, 5) is 0. The second-order valence-corrected chi connectivity index (χ2v) is 14.7. The Kier molecular flexibility index (Phi) is 4.81. The van der Waals surface area contributed by atoms with Crippen molar-refractivity contribution in [2.45, 2.75) is 91.0 Å². The van der Waals surface area contributed by atoms with Gasteiger partial charge in [0, 0.05) is 23.3 Å². The summed E-state index contributed by atoms with van der Waals surface area (Å²) in [7, 11) is 0. The van der Waals surface area contributed by atoms with E-state index in [0.29, 0.717) is 11.8 Å². The molecule has 4 saturated carbocycles. The summed E-state index contributed by atoms with van der Waals surface area (Å²) in [5.74, 6) is -1.59. The van der Waals surface area contributed by atoms with E-state index >= 15 is 0 Å². The number of hydrogen-bond acceptors (Lipinski definition) is 2. The van der Waals surface area contributed by atoms with Crippen LogP contribution in [0.5, 0.6) is 0 Å². The highest BCUT2D eigenvalue weighted by Crippen LogP contribution is 2.90. The maximum atomic E-state index is 14.4. The molecular formula is C33H42F2N2. The van der Waals surface area contributed by atoms with Crippen molar-refractivity contribution in [3.05, 3.63) is 59.9 Å². The van der Waals surface area contributed by atoms with Gasteiger partial charge in [0.1, 0.15) is 0 Å². The fourth-order valence-corrected chi connectivity index (χ4v) is 10.4. The molecule has 6 aliphatic carbocycles. The summed E-state index contributed by atoms with van der Waals surface area (Å²) in [6.07, 6.45) is 11.8. The van der Waals surface area contributed by atoms with E-state index in [4.69, 9.17) is 0 Å². The molecule has 0 amide bonds. The standard InChI is InChI=1S/C33H42F2N2/c1-19-15-26-32(12-10-25-29(6,7)20(2)22(18-36)16-33(25,26)32)23-9-11-31(37-21(3)30(8,34)35)14-13-28(4,5)17-24(31)27(19)23/h15-16,23-25,27,37H,1-3,9-14,17H2,4-8H3. The zero-order valence-corrected chi connectivity index (χ0v) is 23.2. The van der Waals surface area contributed by atoms with Crippen LogP contribution in [0.4, 0.5) is 8.78 Å². The van der Waals surface area contributed by atoms with E-state index in [1.807, 2.05) is 0 Å². The molecule has 1 N–H and O–H groups in total. The molecule has 4 heteroatoms. The van der Waals surface area contributed by atoms with Gasteiger partial charge >= 0.3 is 0 Å². The summed E-state index contributed by atoms with van der Waals surface area (Å²) >= 11 is 0. The maximum Gasteiger partial charge on any atom is 0.283 e. The number of nitrogens with zero attached hydrogens (tertiary/aromatic N) is 1. The highest BCUT2D eigenvalue weighted by molar-refractivity contribution is 5.67. The van der Waals surface area contributed by atoms with Gasteiger partial charge < -0.3 is 5.32 Å². The number of nitriles is 1. The fraction of sp³-hybridized carbons (Fsp3) is 0.667. The SMILES string of the molecule is C=C1C=C2C34C=C(C#N)C(=C)C(C)(C)C3CCC24C2CCC3(NC(=C)C(C)(F)F)CCC(C)(C)CC3C12. The van der Waals surface area contributed by atoms with Gasteiger partial charge in [0.15, 0.2) is 0 Å². The molecule has 0 bridgehead atoms. The van der Waals surface area contributed by atoms with E-state index in [9.17, 15) is 14.0 Å². The number of fused-ring (bicyclic) bond motifs is 3. The first-order valence-electron chi connectivity index (χ1n) is 14.2. The van der Waals surface area contributed by atoms with Crippen molar-refractivity contribution in [2.75, 3.05) is 0 Å². The Balaban J connectivity index is 1.45. The maximum absolute atomic E-state index is 14.4. The van der Waals surface area contributed by atoms with Crippen LogP contribution in [0.2, 0.25) is 0 Å². The first-order chi connectivity index (χ1) is 17.1. The molecule has 198 valence electrons. The van der Waals surface area contributed by atoms with Crippen LogP contribution in [0.15, 0.2) is 59.9 Å². The third kappa shape index (κ3) is 2.90. The second-order valence-electron chi connectivity index (χ2n) is 14.7. The van der Waals surface area contributed by atoms with Crippen LogP contribution in [0.1, 0.15) is 79.6 Å². The minimum Gasteiger partial charge on any atom is -0.378 e. The quantitative estimate of drug-likeness (QED) is 0.420. The Morgan fingerprint density at radius 1 is 1.08 bits per heavy atom. The third-order valence-corrected chi connectivity index (χ3v) is 12.3. The normalized spacial score (nSPS) is 44.6. The molecule has 0 aromatic heterocycles. The summed E-state index contributed by atoms with van der Waals surface area (Å²) in [5.41, 5.74) is 3.90. The van der Waals surface area contributed by atoms with Crippen molar-refractivity contribution >= 4 is 0 Å². The number of hydrogen-bond donors (Lipinski definition) is 1. The van der Waals surface area contributed by atoms with E-state index in [0.717, 1.165) is 63.0 Å². The van der Waals surface area contributed by atoms with Gasteiger partial charge in [0.2, 0.25) is 0 Å². The van der Waals surface area contributed by atoms with Gasteiger partial charge in [-0.2, -0.15) is 5.26 Å². The first-order valence-corrected chi connectivity index (χ1v) is 14.2. The molecule has 0 radical (unpaired) electrons. The molecule has 7 unspecified atom stereocenters.